The van der Waals surface area contributed by atoms with Gasteiger partial charge in [0.2, 0.25) is 0 Å². The molecule has 0 fully saturated rings. The summed E-state index contributed by atoms with van der Waals surface area (Å²) in [7, 11) is 4.00. The molecule has 98 valence electrons. The normalized spacial score (nSPS) is 11.1. The summed E-state index contributed by atoms with van der Waals surface area (Å²) >= 11 is 0. The lowest BCUT2D eigenvalue weighted by Gasteiger charge is -2.10. The van der Waals surface area contributed by atoms with Crippen molar-refractivity contribution in [1.29, 1.82) is 0 Å². The molecule has 0 unspecified atom stereocenters. The Kier molecular flexibility index (Phi) is 5.94. The molecule has 0 saturated carbocycles. The molecule has 1 rings (SSSR count). The summed E-state index contributed by atoms with van der Waals surface area (Å²) in [6, 6.07) is 7.58. The van der Waals surface area contributed by atoms with Gasteiger partial charge in [-0.25, -0.2) is 0 Å². The lowest BCUT2D eigenvalue weighted by Crippen LogP contribution is -2.19. The van der Waals surface area contributed by atoms with E-state index in [-0.39, 0.29) is 6.42 Å². The van der Waals surface area contributed by atoms with Crippen molar-refractivity contribution >= 4 is 12.0 Å². The van der Waals surface area contributed by atoms with Crippen LogP contribution in [0.25, 0.3) is 6.08 Å². The summed E-state index contributed by atoms with van der Waals surface area (Å²) < 4.78 is 5.55. The summed E-state index contributed by atoms with van der Waals surface area (Å²) in [5.74, 6) is 0.00197. The van der Waals surface area contributed by atoms with Crippen LogP contribution in [-0.2, 0) is 4.79 Å². The van der Waals surface area contributed by atoms with E-state index >= 15 is 0 Å². The summed E-state index contributed by atoms with van der Waals surface area (Å²) in [5, 5.41) is 8.50. The highest BCUT2D eigenvalue weighted by atomic mass is 16.5. The van der Waals surface area contributed by atoms with E-state index in [1.54, 1.807) is 12.2 Å². The molecule has 1 N–H and O–H groups in total. The first-order valence-corrected chi connectivity index (χ1v) is 5.84. The minimum Gasteiger partial charge on any atom is -0.492 e. The maximum atomic E-state index is 10.3. The van der Waals surface area contributed by atoms with Crippen molar-refractivity contribution in [3.05, 3.63) is 35.9 Å². The fraction of sp³-hybridized carbons (Fsp3) is 0.357. The fourth-order valence-corrected chi connectivity index (χ4v) is 1.32. The van der Waals surface area contributed by atoms with E-state index in [1.807, 2.05) is 38.4 Å². The van der Waals surface area contributed by atoms with Gasteiger partial charge in [0.05, 0.1) is 6.42 Å². The molecule has 0 aliphatic heterocycles. The van der Waals surface area contributed by atoms with Gasteiger partial charge in [0.1, 0.15) is 12.4 Å². The van der Waals surface area contributed by atoms with Gasteiger partial charge in [0, 0.05) is 6.54 Å². The second-order valence-corrected chi connectivity index (χ2v) is 4.22. The standard InChI is InChI=1S/C14H19NO3/c1-15(2)10-11-18-13-8-6-12(7-9-13)4-3-5-14(16)17/h3-4,6-9H,5,10-11H2,1-2H3,(H,16,17). The van der Waals surface area contributed by atoms with Crippen molar-refractivity contribution in [2.75, 3.05) is 27.2 Å². The fourth-order valence-electron chi connectivity index (χ4n) is 1.32. The maximum absolute atomic E-state index is 10.3. The lowest BCUT2D eigenvalue weighted by atomic mass is 10.2. The zero-order valence-electron chi connectivity index (χ0n) is 10.8. The molecule has 0 amide bonds. The van der Waals surface area contributed by atoms with Crippen molar-refractivity contribution in [2.45, 2.75) is 6.42 Å². The summed E-state index contributed by atoms with van der Waals surface area (Å²) in [5.41, 5.74) is 0.969. The highest BCUT2D eigenvalue weighted by Crippen LogP contribution is 2.13. The Bertz CT molecular complexity index is 396. The number of carboxylic acid groups (broad SMARTS) is 1. The average molecular weight is 249 g/mol. The van der Waals surface area contributed by atoms with Crippen molar-refractivity contribution in [3.8, 4) is 5.75 Å². The molecule has 1 aromatic rings. The monoisotopic (exact) mass is 249 g/mol. The van der Waals surface area contributed by atoms with E-state index in [4.69, 9.17) is 9.84 Å². The molecule has 0 aliphatic carbocycles. The molecule has 4 nitrogen and oxygen atoms in total. The Morgan fingerprint density at radius 2 is 2.00 bits per heavy atom. The Labute approximate surface area is 107 Å². The molecule has 0 spiro atoms. The number of nitrogens with zero attached hydrogens (tertiary/aromatic N) is 1. The number of hydrogen-bond donors (Lipinski definition) is 1. The van der Waals surface area contributed by atoms with E-state index in [9.17, 15) is 4.79 Å². The Hall–Kier alpha value is -1.81. The van der Waals surface area contributed by atoms with E-state index in [2.05, 4.69) is 4.90 Å². The molecule has 0 aromatic heterocycles. The van der Waals surface area contributed by atoms with E-state index in [1.165, 1.54) is 0 Å². The van der Waals surface area contributed by atoms with Crippen LogP contribution in [0.3, 0.4) is 0 Å². The van der Waals surface area contributed by atoms with Crippen LogP contribution in [0.1, 0.15) is 12.0 Å². The molecular formula is C14H19NO3. The van der Waals surface area contributed by atoms with Gasteiger partial charge < -0.3 is 14.7 Å². The highest BCUT2D eigenvalue weighted by Gasteiger charge is 1.95. The van der Waals surface area contributed by atoms with Gasteiger partial charge in [0.25, 0.3) is 0 Å². The van der Waals surface area contributed by atoms with Crippen LogP contribution >= 0.6 is 0 Å². The van der Waals surface area contributed by atoms with Crippen LogP contribution in [-0.4, -0.2) is 43.2 Å². The molecule has 0 radical (unpaired) electrons. The molecule has 0 heterocycles. The van der Waals surface area contributed by atoms with Crippen LogP contribution in [0.15, 0.2) is 30.3 Å². The molecule has 0 atom stereocenters. The van der Waals surface area contributed by atoms with Gasteiger partial charge in [-0.3, -0.25) is 4.79 Å². The molecule has 1 aromatic carbocycles. The number of hydrogen-bond acceptors (Lipinski definition) is 3. The zero-order chi connectivity index (χ0) is 13.4. The second kappa shape index (κ2) is 7.50. The Balaban J connectivity index is 2.42. The molecular weight excluding hydrogens is 230 g/mol. The minimum atomic E-state index is -0.824. The van der Waals surface area contributed by atoms with Gasteiger partial charge in [-0.2, -0.15) is 0 Å². The van der Waals surface area contributed by atoms with Gasteiger partial charge in [-0.15, -0.1) is 0 Å². The molecule has 4 heteroatoms. The first-order chi connectivity index (χ1) is 8.58. The second-order valence-electron chi connectivity index (χ2n) is 4.22. The summed E-state index contributed by atoms with van der Waals surface area (Å²) in [6.45, 7) is 1.53. The van der Waals surface area contributed by atoms with Crippen molar-refractivity contribution in [2.24, 2.45) is 0 Å². The molecule has 0 saturated heterocycles. The van der Waals surface area contributed by atoms with E-state index in [0.29, 0.717) is 6.61 Å². The quantitative estimate of drug-likeness (QED) is 0.804. The van der Waals surface area contributed by atoms with Gasteiger partial charge >= 0.3 is 5.97 Å². The first-order valence-electron chi connectivity index (χ1n) is 5.84. The van der Waals surface area contributed by atoms with Gasteiger partial charge in [-0.05, 0) is 31.8 Å². The SMILES string of the molecule is CN(C)CCOc1ccc(C=CCC(=O)O)cc1. The number of benzene rings is 1. The first kappa shape index (κ1) is 14.3. The van der Waals surface area contributed by atoms with Crippen molar-refractivity contribution in [3.63, 3.8) is 0 Å². The van der Waals surface area contributed by atoms with Gasteiger partial charge in [0.15, 0.2) is 0 Å². The summed E-state index contributed by atoms with van der Waals surface area (Å²) in [4.78, 5) is 12.4. The molecule has 18 heavy (non-hydrogen) atoms. The number of likely N-dealkylation sites (N-methyl/N-ethyl adjacent to an activating group) is 1. The third-order valence-electron chi connectivity index (χ3n) is 2.29. The topological polar surface area (TPSA) is 49.8 Å². The molecule has 0 aliphatic rings. The predicted octanol–water partition coefficient (Wildman–Crippen LogP) is 2.11. The minimum absolute atomic E-state index is 0.0427. The van der Waals surface area contributed by atoms with Crippen molar-refractivity contribution < 1.29 is 14.6 Å². The summed E-state index contributed by atoms with van der Waals surface area (Å²) in [6.07, 6.45) is 3.46. The Morgan fingerprint density at radius 1 is 1.33 bits per heavy atom. The smallest absolute Gasteiger partial charge is 0.307 e. The number of carbonyl (C=O) groups is 1. The van der Waals surface area contributed by atoms with Crippen LogP contribution in [0.5, 0.6) is 5.75 Å². The largest absolute Gasteiger partial charge is 0.492 e. The molecule has 0 bridgehead atoms. The number of aliphatic carboxylic acids is 1. The van der Waals surface area contributed by atoms with Crippen LogP contribution in [0, 0.1) is 0 Å². The van der Waals surface area contributed by atoms with Crippen LogP contribution < -0.4 is 4.74 Å². The predicted molar refractivity (Wildman–Crippen MR) is 71.8 cm³/mol. The number of carboxylic acids is 1. The maximum Gasteiger partial charge on any atom is 0.307 e. The average Bonchev–Trinajstić information content (AvgIpc) is 2.30. The zero-order valence-corrected chi connectivity index (χ0v) is 10.8. The van der Waals surface area contributed by atoms with Crippen LogP contribution in [0.4, 0.5) is 0 Å². The Morgan fingerprint density at radius 3 is 2.56 bits per heavy atom. The number of ether oxygens (including phenoxy) is 1. The van der Waals surface area contributed by atoms with Crippen LogP contribution in [0.2, 0.25) is 0 Å². The third-order valence-corrected chi connectivity index (χ3v) is 2.29. The van der Waals surface area contributed by atoms with Crippen molar-refractivity contribution in [1.82, 2.24) is 4.90 Å². The van der Waals surface area contributed by atoms with Gasteiger partial charge in [-0.1, -0.05) is 24.3 Å². The lowest BCUT2D eigenvalue weighted by molar-refractivity contribution is -0.135. The number of rotatable bonds is 7. The highest BCUT2D eigenvalue weighted by molar-refractivity contribution is 5.70. The van der Waals surface area contributed by atoms with E-state index < -0.39 is 5.97 Å². The van der Waals surface area contributed by atoms with E-state index in [0.717, 1.165) is 17.9 Å². The third kappa shape index (κ3) is 6.06.